The molecule has 4 heteroatoms. The fraction of sp³-hybridized carbons (Fsp3) is 0.923. The second-order valence-corrected chi connectivity index (χ2v) is 6.83. The van der Waals surface area contributed by atoms with Crippen molar-refractivity contribution in [1.29, 1.82) is 0 Å². The molecule has 0 aromatic rings. The average Bonchev–Trinajstić information content (AvgIpc) is 2.35. The summed E-state index contributed by atoms with van der Waals surface area (Å²) in [7, 11) is 0. The molecular formula is C13H24BrNOS. The largest absolute Gasteiger partial charge is 0.356 e. The number of alkyl halides is 1. The van der Waals surface area contributed by atoms with Gasteiger partial charge in [0.25, 0.3) is 0 Å². The molecule has 0 radical (unpaired) electrons. The van der Waals surface area contributed by atoms with Crippen molar-refractivity contribution < 1.29 is 4.79 Å². The first kappa shape index (κ1) is 15.4. The van der Waals surface area contributed by atoms with Crippen LogP contribution in [-0.2, 0) is 4.79 Å². The maximum atomic E-state index is 11.8. The second kappa shape index (κ2) is 9.26. The number of hydrogen-bond donors (Lipinski definition) is 1. The summed E-state index contributed by atoms with van der Waals surface area (Å²) in [6, 6.07) is 0. The summed E-state index contributed by atoms with van der Waals surface area (Å²) in [5.41, 5.74) is 0. The zero-order valence-corrected chi connectivity index (χ0v) is 13.1. The van der Waals surface area contributed by atoms with Gasteiger partial charge in [0.2, 0.25) is 5.91 Å². The van der Waals surface area contributed by atoms with Crippen LogP contribution in [0.4, 0.5) is 0 Å². The topological polar surface area (TPSA) is 29.1 Å². The van der Waals surface area contributed by atoms with Gasteiger partial charge in [-0.1, -0.05) is 29.3 Å². The Morgan fingerprint density at radius 2 is 2.18 bits per heavy atom. The van der Waals surface area contributed by atoms with Crippen LogP contribution < -0.4 is 5.32 Å². The van der Waals surface area contributed by atoms with E-state index in [1.165, 1.54) is 24.3 Å². The van der Waals surface area contributed by atoms with Crippen LogP contribution in [0.15, 0.2) is 0 Å². The van der Waals surface area contributed by atoms with Gasteiger partial charge in [-0.2, -0.15) is 11.8 Å². The molecule has 1 aliphatic rings. The van der Waals surface area contributed by atoms with E-state index in [-0.39, 0.29) is 5.91 Å². The highest BCUT2D eigenvalue weighted by molar-refractivity contribution is 9.09. The summed E-state index contributed by atoms with van der Waals surface area (Å²) in [6.07, 6.45) is 5.47. The summed E-state index contributed by atoms with van der Waals surface area (Å²) >= 11 is 5.48. The van der Waals surface area contributed by atoms with E-state index in [2.05, 4.69) is 28.2 Å². The van der Waals surface area contributed by atoms with Crippen LogP contribution in [0, 0.1) is 11.8 Å². The molecule has 0 aromatic heterocycles. The summed E-state index contributed by atoms with van der Waals surface area (Å²) in [5.74, 6) is 3.99. The SMILES string of the molecule is CCC(CCBr)CNC(=O)CC1CCSCC1. The van der Waals surface area contributed by atoms with Gasteiger partial charge in [0, 0.05) is 18.3 Å². The molecule has 1 atom stereocenters. The first-order valence-corrected chi connectivity index (χ1v) is 8.94. The molecule has 0 spiro atoms. The highest BCUT2D eigenvalue weighted by Gasteiger charge is 2.17. The Morgan fingerprint density at radius 1 is 1.47 bits per heavy atom. The number of amides is 1. The van der Waals surface area contributed by atoms with Crippen LogP contribution >= 0.6 is 27.7 Å². The molecule has 0 aromatic carbocycles. The molecule has 2 nitrogen and oxygen atoms in total. The molecule has 0 aliphatic carbocycles. The normalized spacial score (nSPS) is 18.9. The highest BCUT2D eigenvalue weighted by atomic mass is 79.9. The third-order valence-corrected chi connectivity index (χ3v) is 5.00. The molecule has 1 amide bonds. The van der Waals surface area contributed by atoms with E-state index in [9.17, 15) is 4.79 Å². The van der Waals surface area contributed by atoms with E-state index in [0.717, 1.165) is 31.1 Å². The van der Waals surface area contributed by atoms with Crippen LogP contribution in [0.3, 0.4) is 0 Å². The van der Waals surface area contributed by atoms with Crippen molar-refractivity contribution in [3.8, 4) is 0 Å². The number of halogens is 1. The summed E-state index contributed by atoms with van der Waals surface area (Å²) in [4.78, 5) is 11.8. The third-order valence-electron chi connectivity index (χ3n) is 3.50. The predicted octanol–water partition coefficient (Wildman–Crippen LogP) is 3.45. The van der Waals surface area contributed by atoms with Gasteiger partial charge >= 0.3 is 0 Å². The Morgan fingerprint density at radius 3 is 2.76 bits per heavy atom. The molecule has 1 rings (SSSR count). The van der Waals surface area contributed by atoms with Crippen molar-refractivity contribution in [2.75, 3.05) is 23.4 Å². The number of carbonyl (C=O) groups excluding carboxylic acids is 1. The van der Waals surface area contributed by atoms with Crippen molar-refractivity contribution in [3.63, 3.8) is 0 Å². The minimum atomic E-state index is 0.259. The van der Waals surface area contributed by atoms with E-state index >= 15 is 0 Å². The van der Waals surface area contributed by atoms with Crippen LogP contribution in [0.2, 0.25) is 0 Å². The molecule has 1 heterocycles. The van der Waals surface area contributed by atoms with Crippen molar-refractivity contribution in [1.82, 2.24) is 5.32 Å². The number of hydrogen-bond acceptors (Lipinski definition) is 2. The van der Waals surface area contributed by atoms with E-state index < -0.39 is 0 Å². The number of rotatable bonds is 7. The van der Waals surface area contributed by atoms with Gasteiger partial charge in [-0.25, -0.2) is 0 Å². The molecule has 1 fully saturated rings. The maximum absolute atomic E-state index is 11.8. The Bertz CT molecular complexity index is 219. The van der Waals surface area contributed by atoms with Crippen molar-refractivity contribution >= 4 is 33.6 Å². The number of thioether (sulfide) groups is 1. The van der Waals surface area contributed by atoms with Gasteiger partial charge in [0.15, 0.2) is 0 Å². The molecular weight excluding hydrogens is 298 g/mol. The van der Waals surface area contributed by atoms with Crippen molar-refractivity contribution in [3.05, 3.63) is 0 Å². The molecule has 17 heavy (non-hydrogen) atoms. The molecule has 1 aliphatic heterocycles. The lowest BCUT2D eigenvalue weighted by atomic mass is 9.98. The fourth-order valence-electron chi connectivity index (χ4n) is 2.15. The molecule has 1 N–H and O–H groups in total. The minimum Gasteiger partial charge on any atom is -0.356 e. The number of carbonyl (C=O) groups is 1. The molecule has 100 valence electrons. The van der Waals surface area contributed by atoms with Gasteiger partial charge < -0.3 is 5.32 Å². The second-order valence-electron chi connectivity index (χ2n) is 4.82. The minimum absolute atomic E-state index is 0.259. The summed E-state index contributed by atoms with van der Waals surface area (Å²) in [5, 5.41) is 4.13. The highest BCUT2D eigenvalue weighted by Crippen LogP contribution is 2.25. The van der Waals surface area contributed by atoms with Crippen LogP contribution in [0.25, 0.3) is 0 Å². The lowest BCUT2D eigenvalue weighted by Crippen LogP contribution is -2.31. The Hall–Kier alpha value is 0.300. The van der Waals surface area contributed by atoms with Gasteiger partial charge in [-0.05, 0) is 42.6 Å². The van der Waals surface area contributed by atoms with Gasteiger partial charge in [0.1, 0.15) is 0 Å². The first-order chi connectivity index (χ1) is 8.26. The average molecular weight is 322 g/mol. The van der Waals surface area contributed by atoms with Crippen molar-refractivity contribution in [2.24, 2.45) is 11.8 Å². The standard InChI is InChI=1S/C13H24BrNOS/c1-2-11(3-6-14)10-15-13(16)9-12-4-7-17-8-5-12/h11-12H,2-10H2,1H3,(H,15,16). The quantitative estimate of drug-likeness (QED) is 0.728. The summed E-state index contributed by atoms with van der Waals surface area (Å²) in [6.45, 7) is 3.04. The van der Waals surface area contributed by atoms with E-state index in [0.29, 0.717) is 11.8 Å². The Kier molecular flexibility index (Phi) is 8.36. The first-order valence-electron chi connectivity index (χ1n) is 6.66. The molecule has 1 unspecified atom stereocenters. The van der Waals surface area contributed by atoms with E-state index in [4.69, 9.17) is 0 Å². The van der Waals surface area contributed by atoms with Crippen LogP contribution in [0.1, 0.15) is 39.0 Å². The van der Waals surface area contributed by atoms with Gasteiger partial charge in [0.05, 0.1) is 0 Å². The molecule has 0 saturated carbocycles. The molecule has 0 bridgehead atoms. The smallest absolute Gasteiger partial charge is 0.220 e. The zero-order valence-electron chi connectivity index (χ0n) is 10.7. The van der Waals surface area contributed by atoms with E-state index in [1.807, 2.05) is 11.8 Å². The Balaban J connectivity index is 2.14. The number of nitrogens with one attached hydrogen (secondary N) is 1. The predicted molar refractivity (Wildman–Crippen MR) is 79.9 cm³/mol. The summed E-state index contributed by atoms with van der Waals surface area (Å²) < 4.78 is 0. The lowest BCUT2D eigenvalue weighted by molar-refractivity contribution is -0.122. The molecule has 1 saturated heterocycles. The van der Waals surface area contributed by atoms with Crippen LogP contribution in [0.5, 0.6) is 0 Å². The van der Waals surface area contributed by atoms with Crippen molar-refractivity contribution in [2.45, 2.75) is 39.0 Å². The third kappa shape index (κ3) is 6.70. The van der Waals surface area contributed by atoms with Gasteiger partial charge in [-0.3, -0.25) is 4.79 Å². The van der Waals surface area contributed by atoms with Crippen LogP contribution in [-0.4, -0.2) is 29.3 Å². The fourth-order valence-corrected chi connectivity index (χ4v) is 4.00. The lowest BCUT2D eigenvalue weighted by Gasteiger charge is -2.21. The zero-order chi connectivity index (χ0) is 12.5. The van der Waals surface area contributed by atoms with E-state index in [1.54, 1.807) is 0 Å². The Labute approximate surface area is 118 Å². The maximum Gasteiger partial charge on any atom is 0.220 e. The van der Waals surface area contributed by atoms with Gasteiger partial charge in [-0.15, -0.1) is 0 Å². The monoisotopic (exact) mass is 321 g/mol.